The highest BCUT2D eigenvalue weighted by molar-refractivity contribution is 7.99. The minimum atomic E-state index is -0.407. The van der Waals surface area contributed by atoms with Crippen LogP contribution in [0.25, 0.3) is 11.0 Å². The quantitative estimate of drug-likeness (QED) is 0.220. The Bertz CT molecular complexity index is 1220. The van der Waals surface area contributed by atoms with Gasteiger partial charge in [-0.1, -0.05) is 37.2 Å². The molecule has 1 saturated heterocycles. The number of methoxy groups -OCH3 is 1. The van der Waals surface area contributed by atoms with E-state index in [4.69, 9.17) is 21.3 Å². The Morgan fingerprint density at radius 3 is 2.75 bits per heavy atom. The molecule has 1 aliphatic rings. The predicted molar refractivity (Wildman–Crippen MR) is 142 cm³/mol. The van der Waals surface area contributed by atoms with E-state index in [9.17, 15) is 9.59 Å². The third kappa shape index (κ3) is 6.26. The summed E-state index contributed by atoms with van der Waals surface area (Å²) in [6.45, 7) is 6.49. The largest absolute Gasteiger partial charge is 0.383 e. The van der Waals surface area contributed by atoms with Gasteiger partial charge in [0, 0.05) is 49.1 Å². The van der Waals surface area contributed by atoms with Gasteiger partial charge in [0.25, 0.3) is 0 Å². The molecule has 3 heterocycles. The van der Waals surface area contributed by atoms with Gasteiger partial charge in [-0.15, -0.1) is 0 Å². The second kappa shape index (κ2) is 11.9. The van der Waals surface area contributed by atoms with Crippen molar-refractivity contribution < 1.29 is 14.3 Å². The van der Waals surface area contributed by atoms with Crippen LogP contribution in [-0.4, -0.2) is 70.2 Å². The van der Waals surface area contributed by atoms with Crippen LogP contribution in [0.3, 0.4) is 0 Å². The van der Waals surface area contributed by atoms with E-state index in [0.29, 0.717) is 59.7 Å². The highest BCUT2D eigenvalue weighted by atomic mass is 35.5. The lowest BCUT2D eigenvalue weighted by atomic mass is 10.1. The number of nitrogens with zero attached hydrogens (tertiary/aromatic N) is 5. The molecular formula is C24H30ClN7O3S. The molecule has 1 fully saturated rings. The normalized spacial score (nSPS) is 15.8. The second-order valence-electron chi connectivity index (χ2n) is 8.72. The van der Waals surface area contributed by atoms with Crippen LogP contribution in [0.1, 0.15) is 20.3 Å². The Balaban J connectivity index is 1.39. The number of fused-ring (bicyclic) bond motifs is 1. The highest BCUT2D eigenvalue weighted by Crippen LogP contribution is 2.27. The molecule has 2 aromatic heterocycles. The van der Waals surface area contributed by atoms with Crippen molar-refractivity contribution >= 4 is 57.7 Å². The lowest BCUT2D eigenvalue weighted by Crippen LogP contribution is -2.35. The predicted octanol–water partition coefficient (Wildman–Crippen LogP) is 3.21. The summed E-state index contributed by atoms with van der Waals surface area (Å²) in [5.41, 5.74) is 1.44. The van der Waals surface area contributed by atoms with Crippen LogP contribution in [-0.2, 0) is 20.9 Å². The summed E-state index contributed by atoms with van der Waals surface area (Å²) in [5.74, 6) is 0.0811. The minimum Gasteiger partial charge on any atom is -0.383 e. The van der Waals surface area contributed by atoms with E-state index in [0.717, 1.165) is 11.1 Å². The third-order valence-electron chi connectivity index (χ3n) is 5.67. The number of carbonyl (C=O) groups excluding carboxylic acids is 2. The number of amides is 2. The van der Waals surface area contributed by atoms with Crippen molar-refractivity contribution in [3.63, 3.8) is 0 Å². The molecule has 36 heavy (non-hydrogen) atoms. The van der Waals surface area contributed by atoms with Crippen LogP contribution in [0.2, 0.25) is 5.02 Å². The van der Waals surface area contributed by atoms with E-state index in [1.807, 2.05) is 0 Å². The number of anilines is 2. The van der Waals surface area contributed by atoms with Crippen LogP contribution in [0.5, 0.6) is 0 Å². The molecule has 12 heteroatoms. The average molecular weight is 532 g/mol. The van der Waals surface area contributed by atoms with Crippen LogP contribution in [0, 0.1) is 5.92 Å². The van der Waals surface area contributed by atoms with Gasteiger partial charge in [-0.3, -0.25) is 9.59 Å². The van der Waals surface area contributed by atoms with E-state index in [1.165, 1.54) is 0 Å². The number of thioether (sulfide) groups is 1. The summed E-state index contributed by atoms with van der Waals surface area (Å²) in [6, 6.07) is 7.04. The molecule has 0 spiro atoms. The summed E-state index contributed by atoms with van der Waals surface area (Å²) in [7, 11) is 1.65. The molecule has 0 aliphatic carbocycles. The van der Waals surface area contributed by atoms with Gasteiger partial charge in [0.2, 0.25) is 11.8 Å². The van der Waals surface area contributed by atoms with Gasteiger partial charge in [0.15, 0.2) is 10.8 Å². The summed E-state index contributed by atoms with van der Waals surface area (Å²) in [4.78, 5) is 36.3. The van der Waals surface area contributed by atoms with Crippen molar-refractivity contribution in [1.82, 2.24) is 25.1 Å². The highest BCUT2D eigenvalue weighted by Gasteiger charge is 2.35. The molecule has 3 aromatic rings. The van der Waals surface area contributed by atoms with Gasteiger partial charge >= 0.3 is 0 Å². The number of rotatable bonds is 11. The van der Waals surface area contributed by atoms with Crippen molar-refractivity contribution in [2.75, 3.05) is 43.6 Å². The van der Waals surface area contributed by atoms with Gasteiger partial charge in [-0.05, 0) is 24.3 Å². The molecule has 192 valence electrons. The molecule has 10 nitrogen and oxygen atoms in total. The van der Waals surface area contributed by atoms with Crippen LogP contribution >= 0.6 is 23.4 Å². The number of aromatic nitrogens is 4. The number of hydrogen-bond acceptors (Lipinski definition) is 8. The number of benzene rings is 1. The van der Waals surface area contributed by atoms with E-state index < -0.39 is 5.92 Å². The first-order valence-corrected chi connectivity index (χ1v) is 13.1. The van der Waals surface area contributed by atoms with Crippen molar-refractivity contribution in [1.29, 1.82) is 0 Å². The summed E-state index contributed by atoms with van der Waals surface area (Å²) in [6.07, 6.45) is 1.91. The number of halogens is 1. The number of carbonyl (C=O) groups is 2. The second-order valence-corrected chi connectivity index (χ2v) is 10.7. The third-order valence-corrected chi connectivity index (χ3v) is 6.79. The molecule has 1 unspecified atom stereocenters. The Morgan fingerprint density at radius 1 is 1.25 bits per heavy atom. The topological polar surface area (TPSA) is 114 Å². The summed E-state index contributed by atoms with van der Waals surface area (Å²) < 4.78 is 6.90. The molecule has 1 aliphatic heterocycles. The molecular weight excluding hydrogens is 502 g/mol. The lowest BCUT2D eigenvalue weighted by Gasteiger charge is -2.16. The fraction of sp³-hybridized carbons (Fsp3) is 0.458. The molecule has 2 N–H and O–H groups in total. The van der Waals surface area contributed by atoms with E-state index >= 15 is 0 Å². The van der Waals surface area contributed by atoms with Gasteiger partial charge in [-0.25, -0.2) is 14.6 Å². The van der Waals surface area contributed by atoms with Gasteiger partial charge in [0.1, 0.15) is 5.82 Å². The number of hydrogen-bond donors (Lipinski definition) is 2. The number of ether oxygens (including phenoxy) is 1. The molecule has 0 radical (unpaired) electrons. The zero-order valence-corrected chi connectivity index (χ0v) is 22.1. The first-order chi connectivity index (χ1) is 17.4. The SMILES string of the molecule is COCCNc1nc(SC(C)C)nc2c1cnn2CCNC(=O)C1CC(=O)N(c2ccc(Cl)cc2)C1. The molecule has 0 bridgehead atoms. The van der Waals surface area contributed by atoms with E-state index in [-0.39, 0.29) is 18.2 Å². The van der Waals surface area contributed by atoms with Crippen LogP contribution in [0.4, 0.5) is 11.5 Å². The summed E-state index contributed by atoms with van der Waals surface area (Å²) >= 11 is 7.52. The Hall–Kier alpha value is -2.89. The maximum Gasteiger partial charge on any atom is 0.227 e. The maximum atomic E-state index is 12.8. The van der Waals surface area contributed by atoms with E-state index in [1.54, 1.807) is 58.9 Å². The minimum absolute atomic E-state index is 0.0732. The first-order valence-electron chi connectivity index (χ1n) is 11.8. The molecule has 1 aromatic carbocycles. The average Bonchev–Trinajstić information content (AvgIpc) is 3.43. The smallest absolute Gasteiger partial charge is 0.227 e. The molecule has 4 rings (SSSR count). The Kier molecular flexibility index (Phi) is 8.65. The fourth-order valence-corrected chi connectivity index (χ4v) is 4.78. The van der Waals surface area contributed by atoms with Gasteiger partial charge in [-0.2, -0.15) is 5.10 Å². The van der Waals surface area contributed by atoms with Gasteiger partial charge < -0.3 is 20.3 Å². The van der Waals surface area contributed by atoms with Crippen LogP contribution in [0.15, 0.2) is 35.6 Å². The lowest BCUT2D eigenvalue weighted by molar-refractivity contribution is -0.126. The van der Waals surface area contributed by atoms with Crippen molar-refractivity contribution in [3.8, 4) is 0 Å². The van der Waals surface area contributed by atoms with Gasteiger partial charge in [0.05, 0.1) is 30.7 Å². The molecule has 0 saturated carbocycles. The zero-order valence-electron chi connectivity index (χ0n) is 20.5. The fourth-order valence-electron chi connectivity index (χ4n) is 3.95. The Morgan fingerprint density at radius 2 is 2.03 bits per heavy atom. The summed E-state index contributed by atoms with van der Waals surface area (Å²) in [5, 5.41) is 13.1. The van der Waals surface area contributed by atoms with Crippen LogP contribution < -0.4 is 15.5 Å². The van der Waals surface area contributed by atoms with Crippen molar-refractivity contribution in [3.05, 3.63) is 35.5 Å². The zero-order chi connectivity index (χ0) is 25.7. The van der Waals surface area contributed by atoms with Crippen molar-refractivity contribution in [2.24, 2.45) is 5.92 Å². The maximum absolute atomic E-state index is 12.8. The standard InChI is InChI=1S/C24H30ClN7O3S/c1-15(2)36-24-29-21(26-9-11-35-3)19-13-28-32(22(19)30-24)10-8-27-23(34)16-12-20(33)31(14-16)18-6-4-17(25)5-7-18/h4-7,13,15-16H,8-12,14H2,1-3H3,(H,27,34)(H,26,29,30). The molecule has 2 amide bonds. The number of nitrogens with one attached hydrogen (secondary N) is 2. The monoisotopic (exact) mass is 531 g/mol. The van der Waals surface area contributed by atoms with Crippen molar-refractivity contribution in [2.45, 2.75) is 37.2 Å². The molecule has 1 atom stereocenters. The Labute approximate surface area is 219 Å². The first kappa shape index (κ1) is 26.2. The van der Waals surface area contributed by atoms with E-state index in [2.05, 4.69) is 34.6 Å².